The van der Waals surface area contributed by atoms with Crippen LogP contribution in [-0.4, -0.2) is 243 Å². The Hall–Kier alpha value is -11.1. The molecule has 0 spiro atoms. The molecule has 4 aromatic carbocycles. The van der Waals surface area contributed by atoms with Gasteiger partial charge in [-0.2, -0.15) is 0 Å². The molecule has 26 N–H and O–H groups in total. The largest absolute Gasteiger partial charge is 0.480 e. The third kappa shape index (κ3) is 30.7. The van der Waals surface area contributed by atoms with Gasteiger partial charge in [-0.25, -0.2) is 4.79 Å². The number of amides is 14. The number of fused-ring (bicyclic) bond motifs is 1. The van der Waals surface area contributed by atoms with Crippen LogP contribution >= 0.6 is 21.6 Å². The van der Waals surface area contributed by atoms with Crippen LogP contribution < -0.4 is 92.1 Å². The number of carbonyl (C=O) groups excluding carboxylic acids is 14. The number of unbranched alkanes of at least 4 members (excludes halogenated alkanes) is 2. The second kappa shape index (κ2) is 47.6. The number of nitrogens with one attached hydrogen (secondary N) is 14. The van der Waals surface area contributed by atoms with E-state index in [0.717, 1.165) is 35.4 Å². The zero-order valence-electron chi connectivity index (χ0n) is 63.8. The van der Waals surface area contributed by atoms with Gasteiger partial charge in [0.05, 0.1) is 37.8 Å². The number of hydrogen-bond acceptors (Lipinski definition) is 23. The number of aromatic amines is 1. The minimum Gasteiger partial charge on any atom is -0.480 e. The second-order valence-corrected chi connectivity index (χ2v) is 30.1. The molecule has 0 aliphatic carbocycles. The Morgan fingerprint density at radius 1 is 0.470 bits per heavy atom. The van der Waals surface area contributed by atoms with Crippen molar-refractivity contribution < 1.29 is 92.3 Å². The van der Waals surface area contributed by atoms with Crippen LogP contribution in [0.1, 0.15) is 88.0 Å². The summed E-state index contributed by atoms with van der Waals surface area (Å²) in [6.45, 7) is 1.88. The van der Waals surface area contributed by atoms with Gasteiger partial charge in [0, 0.05) is 54.3 Å². The van der Waals surface area contributed by atoms with Crippen LogP contribution in [0.25, 0.3) is 10.9 Å². The molecule has 1 aliphatic heterocycles. The maximum absolute atomic E-state index is 15.4. The van der Waals surface area contributed by atoms with E-state index in [-0.39, 0.29) is 70.9 Å². The highest BCUT2D eigenvalue weighted by atomic mass is 33.1. The molecule has 2 heterocycles. The molecule has 14 amide bonds. The summed E-state index contributed by atoms with van der Waals surface area (Å²) in [4.78, 5) is 217. The number of aromatic nitrogens is 1. The van der Waals surface area contributed by atoms with Crippen molar-refractivity contribution in [2.75, 3.05) is 37.7 Å². The smallest absolute Gasteiger partial charge is 0.327 e. The standard InChI is InChI=1S/C76H104N18O19S2/c1-41(79)64(100)82-37-61(99)83-58-39-114-115-40-59(76(112)113)92-72(108)57(38-95)91-75(111)63(43(3)97)94-71(107)54(33-46-23-11-6-12-24-46)90-74(110)62(42(2)96)93-66(102)51(28-16-18-30-78)84-69(105)55(34-47-36-81-49-26-14-13-25-48(47)49)88-68(104)53(32-45-21-9-5-10-22-45)86-67(103)52(31-44-19-7-4-8-20-44)87-70(106)56(35-60(80)98)89-65(101)50(85-73(58)109)27-15-17-29-77/h4-14,19-26,36,41-43,50-59,62-63,81,95-97H,15-18,27-35,37-40,77-79H2,1-3H3,(H2,80,98)(H,82,100)(H,83,99)(H,84,105)(H,85,109)(H,86,103)(H,87,106)(H,88,104)(H,89,101)(H,90,110)(H,91,111)(H,92,108)(H,93,102)(H,94,107)(H,112,113)/t41-,42+,43+,50+,51-,52-,53-,54-,55+,56-,57-,58+,59-,62+,63+/m0/s1. The van der Waals surface area contributed by atoms with Crippen molar-refractivity contribution in [1.82, 2.24) is 74.1 Å². The molecular formula is C76H104N18O19S2. The van der Waals surface area contributed by atoms with E-state index < -0.39 is 210 Å². The molecule has 39 heteroatoms. The van der Waals surface area contributed by atoms with Gasteiger partial charge < -0.3 is 117 Å². The van der Waals surface area contributed by atoms with E-state index >= 15 is 14.4 Å². The number of hydrogen-bond donors (Lipinski definition) is 22. The number of primary amides is 1. The van der Waals surface area contributed by atoms with E-state index in [1.165, 1.54) is 6.92 Å². The van der Waals surface area contributed by atoms with E-state index in [4.69, 9.17) is 22.9 Å². The zero-order chi connectivity index (χ0) is 84.3. The average molecular weight is 1640 g/mol. The summed E-state index contributed by atoms with van der Waals surface area (Å²) in [5.74, 6) is -17.7. The number of carboxylic acid groups (broad SMARTS) is 1. The Morgan fingerprint density at radius 2 is 0.852 bits per heavy atom. The zero-order valence-corrected chi connectivity index (χ0v) is 65.4. The van der Waals surface area contributed by atoms with Crippen LogP contribution in [0.2, 0.25) is 0 Å². The highest BCUT2D eigenvalue weighted by Crippen LogP contribution is 2.25. The average Bonchev–Trinajstić information content (AvgIpc) is 1.71. The molecule has 0 unspecified atom stereocenters. The summed E-state index contributed by atoms with van der Waals surface area (Å²) in [5, 5.41) is 76.1. The molecule has 0 saturated carbocycles. The lowest BCUT2D eigenvalue weighted by Crippen LogP contribution is -2.63. The van der Waals surface area contributed by atoms with Crippen molar-refractivity contribution in [2.24, 2.45) is 22.9 Å². The first-order valence-corrected chi connectivity index (χ1v) is 39.8. The van der Waals surface area contributed by atoms with E-state index in [9.17, 15) is 78.0 Å². The molecule has 0 bridgehead atoms. The van der Waals surface area contributed by atoms with Gasteiger partial charge in [0.15, 0.2) is 0 Å². The summed E-state index contributed by atoms with van der Waals surface area (Å²) in [5.41, 5.74) is 25.6. The predicted octanol–water partition coefficient (Wildman–Crippen LogP) is -4.91. The molecular weight excluding hydrogens is 1530 g/mol. The second-order valence-electron chi connectivity index (χ2n) is 27.6. The minimum absolute atomic E-state index is 0.104. The third-order valence-electron chi connectivity index (χ3n) is 18.3. The van der Waals surface area contributed by atoms with E-state index in [2.05, 4.69) is 74.1 Å². The summed E-state index contributed by atoms with van der Waals surface area (Å²) in [6, 6.07) is 9.57. The lowest BCUT2D eigenvalue weighted by Gasteiger charge is -2.29. The lowest BCUT2D eigenvalue weighted by atomic mass is 10.00. The van der Waals surface area contributed by atoms with Gasteiger partial charge in [0.25, 0.3) is 0 Å². The molecule has 1 fully saturated rings. The van der Waals surface area contributed by atoms with Gasteiger partial charge in [0.1, 0.15) is 72.5 Å². The molecule has 1 saturated heterocycles. The molecule has 1 aromatic heterocycles. The number of aliphatic carboxylic acids is 1. The normalized spacial score (nSPS) is 23.7. The van der Waals surface area contributed by atoms with Crippen LogP contribution in [0.15, 0.2) is 121 Å². The molecule has 0 radical (unpaired) electrons. The minimum atomic E-state index is -1.99. The van der Waals surface area contributed by atoms with E-state index in [1.807, 2.05) is 0 Å². The number of nitrogens with two attached hydrogens (primary N) is 4. The molecule has 37 nitrogen and oxygen atoms in total. The number of rotatable bonds is 26. The van der Waals surface area contributed by atoms with Crippen molar-refractivity contribution >= 4 is 121 Å². The fourth-order valence-electron chi connectivity index (χ4n) is 11.9. The summed E-state index contributed by atoms with van der Waals surface area (Å²) >= 11 is 0. The van der Waals surface area contributed by atoms with E-state index in [1.54, 1.807) is 121 Å². The van der Waals surface area contributed by atoms with Crippen LogP contribution in [0.3, 0.4) is 0 Å². The van der Waals surface area contributed by atoms with Gasteiger partial charge in [-0.15, -0.1) is 0 Å². The first kappa shape index (κ1) is 92.8. The predicted molar refractivity (Wildman–Crippen MR) is 425 cm³/mol. The van der Waals surface area contributed by atoms with Crippen LogP contribution in [0, 0.1) is 0 Å². The van der Waals surface area contributed by atoms with Gasteiger partial charge in [-0.05, 0) is 101 Å². The molecule has 5 aromatic rings. The first-order valence-electron chi connectivity index (χ1n) is 37.4. The lowest BCUT2D eigenvalue weighted by molar-refractivity contribution is -0.142. The third-order valence-corrected chi connectivity index (χ3v) is 20.7. The van der Waals surface area contributed by atoms with Crippen molar-refractivity contribution in [1.29, 1.82) is 0 Å². The molecule has 15 atom stereocenters. The van der Waals surface area contributed by atoms with Gasteiger partial charge in [0.2, 0.25) is 82.7 Å². The topological polar surface area (TPSA) is 613 Å². The first-order chi connectivity index (χ1) is 54.9. The summed E-state index contributed by atoms with van der Waals surface area (Å²) < 4.78 is 0. The fraction of sp³-hybridized carbons (Fsp3) is 0.461. The number of carbonyl (C=O) groups is 15. The fourth-order valence-corrected chi connectivity index (χ4v) is 14.3. The summed E-state index contributed by atoms with van der Waals surface area (Å²) in [7, 11) is 1.49. The maximum atomic E-state index is 15.4. The SMILES string of the molecule is C[C@H](N)C(=O)NCC(=O)N[C@@H]1CSSC[C@@H](C(=O)O)NC(=O)[C@H](CO)NC(=O)[C@@H]([C@@H](C)O)NC(=O)[C@H](Cc2ccccc2)NC(=O)[C@@H]([C@@H](C)O)NC(=O)[C@H](CCCCN)NC(=O)[C@@H](Cc2c[nH]c3ccccc23)NC(=O)[C@H](Cc2ccccc2)NC(=O)[C@H](Cc2ccccc2)NC(=O)[C@H](CC(N)=O)NC(=O)[C@@H](CCCCN)NC1=O. The van der Waals surface area contributed by atoms with E-state index in [0.29, 0.717) is 39.6 Å². The Balaban J connectivity index is 1.47. The quantitative estimate of drug-likeness (QED) is 0.0182. The Morgan fingerprint density at radius 3 is 1.30 bits per heavy atom. The summed E-state index contributed by atoms with van der Waals surface area (Å²) in [6.07, 6.45) is -3.48. The van der Waals surface area contributed by atoms with Crippen LogP contribution in [0.4, 0.5) is 0 Å². The number of carboxylic acids is 1. The van der Waals surface area contributed by atoms with Crippen LogP contribution in [0.5, 0.6) is 0 Å². The number of aliphatic hydroxyl groups excluding tert-OH is 3. The number of H-pyrrole nitrogens is 1. The van der Waals surface area contributed by atoms with Crippen molar-refractivity contribution in [2.45, 2.75) is 182 Å². The maximum Gasteiger partial charge on any atom is 0.327 e. The molecule has 1 aliphatic rings. The molecule has 624 valence electrons. The highest BCUT2D eigenvalue weighted by molar-refractivity contribution is 8.76. The number of benzene rings is 4. The van der Waals surface area contributed by atoms with Crippen molar-refractivity contribution in [3.05, 3.63) is 144 Å². The molecule has 115 heavy (non-hydrogen) atoms. The van der Waals surface area contributed by atoms with Crippen molar-refractivity contribution in [3.63, 3.8) is 0 Å². The monoisotopic (exact) mass is 1640 g/mol. The number of aliphatic hydroxyl groups is 3. The van der Waals surface area contributed by atoms with Crippen molar-refractivity contribution in [3.8, 4) is 0 Å². The highest BCUT2D eigenvalue weighted by Gasteiger charge is 2.40. The Kier molecular flexibility index (Phi) is 38.4. The Labute approximate surface area is 670 Å². The Bertz CT molecular complexity index is 4130. The van der Waals surface area contributed by atoms with Gasteiger partial charge in [-0.3, -0.25) is 67.1 Å². The van der Waals surface area contributed by atoms with Gasteiger partial charge in [-0.1, -0.05) is 131 Å². The van der Waals surface area contributed by atoms with Crippen LogP contribution in [-0.2, 0) is 97.6 Å². The number of para-hydroxylation sites is 1. The van der Waals surface area contributed by atoms with Gasteiger partial charge >= 0.3 is 5.97 Å². The molecule has 6 rings (SSSR count).